The molecule has 0 N–H and O–H groups in total. The Morgan fingerprint density at radius 1 is 0.792 bits per heavy atom. The number of thiophene rings is 1. The van der Waals surface area contributed by atoms with Gasteiger partial charge >= 0.3 is 7.12 Å². The largest absolute Gasteiger partial charge is 0.495 e. The van der Waals surface area contributed by atoms with E-state index in [1.807, 2.05) is 0 Å². The molecule has 2 heterocycles. The van der Waals surface area contributed by atoms with Gasteiger partial charge in [0.25, 0.3) is 0 Å². The van der Waals surface area contributed by atoms with Gasteiger partial charge in [-0.15, -0.1) is 11.3 Å². The van der Waals surface area contributed by atoms with E-state index in [0.29, 0.717) is 0 Å². The van der Waals surface area contributed by atoms with Gasteiger partial charge in [0.1, 0.15) is 0 Å². The molecule has 122 valence electrons. The van der Waals surface area contributed by atoms with Crippen LogP contribution in [0.4, 0.5) is 0 Å². The molecule has 24 heavy (non-hydrogen) atoms. The number of rotatable bonds is 2. The van der Waals surface area contributed by atoms with Crippen LogP contribution >= 0.6 is 11.3 Å². The Kier molecular flexibility index (Phi) is 3.61. The van der Waals surface area contributed by atoms with E-state index in [1.165, 1.54) is 21.2 Å². The summed E-state index contributed by atoms with van der Waals surface area (Å²) in [5.74, 6) is 0. The zero-order valence-electron chi connectivity index (χ0n) is 14.5. The van der Waals surface area contributed by atoms with Gasteiger partial charge in [-0.25, -0.2) is 0 Å². The molecule has 1 aliphatic rings. The van der Waals surface area contributed by atoms with Gasteiger partial charge in [-0.3, -0.25) is 0 Å². The molecule has 0 spiro atoms. The van der Waals surface area contributed by atoms with Crippen LogP contribution in [-0.2, 0) is 9.31 Å². The number of fused-ring (bicyclic) bond motifs is 1. The summed E-state index contributed by atoms with van der Waals surface area (Å²) in [5.41, 5.74) is 1.73. The third-order valence-electron chi connectivity index (χ3n) is 5.22. The second-order valence-electron chi connectivity index (χ2n) is 7.33. The molecule has 2 nitrogen and oxygen atoms in total. The van der Waals surface area contributed by atoms with Gasteiger partial charge in [-0.1, -0.05) is 48.5 Å². The zero-order valence-corrected chi connectivity index (χ0v) is 15.3. The van der Waals surface area contributed by atoms with Crippen molar-refractivity contribution < 1.29 is 9.31 Å². The van der Waals surface area contributed by atoms with Crippen LogP contribution in [0.15, 0.2) is 53.9 Å². The van der Waals surface area contributed by atoms with Crippen molar-refractivity contribution in [3.63, 3.8) is 0 Å². The van der Waals surface area contributed by atoms with Crippen molar-refractivity contribution in [2.45, 2.75) is 38.9 Å². The van der Waals surface area contributed by atoms with E-state index in [-0.39, 0.29) is 18.3 Å². The molecule has 2 aromatic carbocycles. The van der Waals surface area contributed by atoms with Crippen LogP contribution in [0.5, 0.6) is 0 Å². The molecule has 4 heteroatoms. The maximum Gasteiger partial charge on any atom is 0.495 e. The highest BCUT2D eigenvalue weighted by molar-refractivity contribution is 7.15. The first-order valence-corrected chi connectivity index (χ1v) is 9.18. The predicted octanol–water partition coefficient (Wildman–Crippen LogP) is 4.87. The molecule has 4 rings (SSSR count). The summed E-state index contributed by atoms with van der Waals surface area (Å²) in [6, 6.07) is 16.9. The second-order valence-corrected chi connectivity index (χ2v) is 8.21. The van der Waals surface area contributed by atoms with Crippen LogP contribution in [0, 0.1) is 0 Å². The normalized spacial score (nSPS) is 19.1. The molecule has 1 fully saturated rings. The van der Waals surface area contributed by atoms with Gasteiger partial charge in [0.05, 0.1) is 11.2 Å². The topological polar surface area (TPSA) is 18.5 Å². The van der Waals surface area contributed by atoms with Crippen molar-refractivity contribution in [1.29, 1.82) is 0 Å². The minimum atomic E-state index is -0.322. The van der Waals surface area contributed by atoms with Crippen molar-refractivity contribution in [2.75, 3.05) is 0 Å². The van der Waals surface area contributed by atoms with Crippen LogP contribution in [0.25, 0.3) is 21.2 Å². The summed E-state index contributed by atoms with van der Waals surface area (Å²) in [6.45, 7) is 8.37. The van der Waals surface area contributed by atoms with E-state index in [4.69, 9.17) is 9.31 Å². The Morgan fingerprint density at radius 3 is 2.12 bits per heavy atom. The molecular weight excluding hydrogens is 315 g/mol. The van der Waals surface area contributed by atoms with E-state index in [1.54, 1.807) is 11.3 Å². The summed E-state index contributed by atoms with van der Waals surface area (Å²) in [5, 5.41) is 4.70. The molecule has 1 aliphatic heterocycles. The quantitative estimate of drug-likeness (QED) is 0.622. The lowest BCUT2D eigenvalue weighted by Gasteiger charge is -2.32. The molecule has 0 unspecified atom stereocenters. The second kappa shape index (κ2) is 5.45. The monoisotopic (exact) mass is 336 g/mol. The van der Waals surface area contributed by atoms with Gasteiger partial charge in [-0.2, -0.15) is 0 Å². The lowest BCUT2D eigenvalue weighted by molar-refractivity contribution is 0.00578. The van der Waals surface area contributed by atoms with Crippen molar-refractivity contribution in [3.05, 3.63) is 53.9 Å². The van der Waals surface area contributed by atoms with Crippen LogP contribution < -0.4 is 5.46 Å². The fourth-order valence-electron chi connectivity index (χ4n) is 3.08. The lowest BCUT2D eigenvalue weighted by Crippen LogP contribution is -2.41. The number of benzene rings is 2. The lowest BCUT2D eigenvalue weighted by atomic mass is 9.76. The predicted molar refractivity (Wildman–Crippen MR) is 103 cm³/mol. The summed E-state index contributed by atoms with van der Waals surface area (Å²) in [4.78, 5) is 1.30. The highest BCUT2D eigenvalue weighted by Crippen LogP contribution is 2.39. The first kappa shape index (κ1) is 15.9. The number of hydrogen-bond acceptors (Lipinski definition) is 3. The molecule has 0 saturated carbocycles. The average Bonchev–Trinajstić information content (AvgIpc) is 3.06. The smallest absolute Gasteiger partial charge is 0.399 e. The third-order valence-corrected chi connectivity index (χ3v) is 6.27. The van der Waals surface area contributed by atoms with Crippen LogP contribution in [0.3, 0.4) is 0 Å². The maximum atomic E-state index is 6.26. The summed E-state index contributed by atoms with van der Waals surface area (Å²) in [6.07, 6.45) is 0. The Bertz CT molecular complexity index is 867. The molecule has 3 aromatic rings. The highest BCUT2D eigenvalue weighted by atomic mass is 32.1. The molecule has 0 bridgehead atoms. The Morgan fingerprint density at radius 2 is 1.46 bits per heavy atom. The van der Waals surface area contributed by atoms with Crippen molar-refractivity contribution in [2.24, 2.45) is 0 Å². The Labute approximate surface area is 147 Å². The summed E-state index contributed by atoms with van der Waals surface area (Å²) in [7, 11) is -0.322. The van der Waals surface area contributed by atoms with Crippen molar-refractivity contribution in [3.8, 4) is 10.4 Å². The van der Waals surface area contributed by atoms with E-state index in [9.17, 15) is 0 Å². The SMILES string of the molecule is CC1(C)OB(c2cccc3c(-c4ccccc4)scc23)OC1(C)C. The highest BCUT2D eigenvalue weighted by Gasteiger charge is 2.52. The fraction of sp³-hybridized carbons (Fsp3) is 0.300. The Balaban J connectivity index is 1.81. The standard InChI is InChI=1S/C20H21BO2S/c1-19(2)20(3,4)23-21(22-19)17-12-8-11-15-16(17)13-24-18(15)14-9-6-5-7-10-14/h5-13H,1-4H3. The zero-order chi connectivity index (χ0) is 16.9. The minimum Gasteiger partial charge on any atom is -0.399 e. The third kappa shape index (κ3) is 2.41. The molecular formula is C20H21BO2S. The molecule has 0 amide bonds. The summed E-state index contributed by atoms with van der Waals surface area (Å²) < 4.78 is 12.5. The van der Waals surface area contributed by atoms with E-state index in [0.717, 1.165) is 5.46 Å². The van der Waals surface area contributed by atoms with Gasteiger partial charge in [0, 0.05) is 4.88 Å². The van der Waals surface area contributed by atoms with Gasteiger partial charge in [-0.05, 0) is 54.9 Å². The van der Waals surface area contributed by atoms with Crippen LogP contribution in [0.2, 0.25) is 0 Å². The molecule has 0 aliphatic carbocycles. The minimum absolute atomic E-state index is 0.321. The van der Waals surface area contributed by atoms with E-state index >= 15 is 0 Å². The first-order valence-electron chi connectivity index (χ1n) is 8.30. The van der Waals surface area contributed by atoms with Gasteiger partial charge < -0.3 is 9.31 Å². The average molecular weight is 336 g/mol. The van der Waals surface area contributed by atoms with Crippen molar-refractivity contribution >= 4 is 34.7 Å². The van der Waals surface area contributed by atoms with Gasteiger partial charge in [0.2, 0.25) is 0 Å². The number of hydrogen-bond donors (Lipinski definition) is 0. The van der Waals surface area contributed by atoms with Crippen LogP contribution in [-0.4, -0.2) is 18.3 Å². The first-order chi connectivity index (χ1) is 11.4. The Hall–Kier alpha value is -1.62. The van der Waals surface area contributed by atoms with Gasteiger partial charge in [0.15, 0.2) is 0 Å². The molecule has 1 saturated heterocycles. The maximum absolute atomic E-state index is 6.26. The fourth-order valence-corrected chi connectivity index (χ4v) is 4.16. The van der Waals surface area contributed by atoms with E-state index in [2.05, 4.69) is 81.6 Å². The molecule has 0 radical (unpaired) electrons. The van der Waals surface area contributed by atoms with Crippen molar-refractivity contribution in [1.82, 2.24) is 0 Å². The molecule has 1 aromatic heterocycles. The molecule has 0 atom stereocenters. The van der Waals surface area contributed by atoms with Crippen LogP contribution in [0.1, 0.15) is 27.7 Å². The summed E-state index contributed by atoms with van der Waals surface area (Å²) >= 11 is 1.78. The van der Waals surface area contributed by atoms with E-state index < -0.39 is 0 Å².